The van der Waals surface area contributed by atoms with E-state index in [0.717, 1.165) is 50.2 Å². The standard InChI is InChI=1S/C33H50ClN7O3/c1-7-10-36-30(42)15-23-14-24(16-31(43)40(5)6)20-41(19-23)32-27(34)18-37-33(39-32)38-28-13-22(4)26(17-29(28)44-21(2)3)25-8-11-35-12-9-25/h13,17-18,21,23-25,35H,7-12,14-16,19-20H2,1-6H3,(H,36,42)(H,37,38,39)/t23-,24+/m1/s1. The number of benzene rings is 1. The van der Waals surface area contributed by atoms with Crippen LogP contribution in [0.2, 0.25) is 5.02 Å². The molecule has 242 valence electrons. The van der Waals surface area contributed by atoms with Crippen molar-refractivity contribution >= 4 is 40.9 Å². The molecule has 2 aromatic rings. The van der Waals surface area contributed by atoms with Crippen LogP contribution in [0.1, 0.15) is 76.3 Å². The summed E-state index contributed by atoms with van der Waals surface area (Å²) in [4.78, 5) is 38.4. The van der Waals surface area contributed by atoms with E-state index in [-0.39, 0.29) is 29.8 Å². The molecule has 2 fully saturated rings. The summed E-state index contributed by atoms with van der Waals surface area (Å²) in [5.74, 6) is 2.53. The number of ether oxygens (including phenoxy) is 1. The zero-order chi connectivity index (χ0) is 31.8. The van der Waals surface area contributed by atoms with Crippen LogP contribution in [0.25, 0.3) is 0 Å². The molecule has 2 aliphatic rings. The van der Waals surface area contributed by atoms with Gasteiger partial charge in [0.2, 0.25) is 17.8 Å². The Morgan fingerprint density at radius 1 is 1.16 bits per heavy atom. The second-order valence-corrected chi connectivity index (χ2v) is 13.2. The third-order valence-electron chi connectivity index (χ3n) is 8.41. The second kappa shape index (κ2) is 15.8. The quantitative estimate of drug-likeness (QED) is 0.292. The number of nitrogens with zero attached hydrogens (tertiary/aromatic N) is 4. The molecule has 11 heteroatoms. The van der Waals surface area contributed by atoms with E-state index >= 15 is 0 Å². The molecule has 2 aliphatic heterocycles. The Balaban J connectivity index is 1.60. The molecule has 1 aromatic heterocycles. The first-order chi connectivity index (χ1) is 21.0. The van der Waals surface area contributed by atoms with Crippen molar-refractivity contribution in [1.29, 1.82) is 0 Å². The summed E-state index contributed by atoms with van der Waals surface area (Å²) in [6, 6.07) is 4.30. The molecule has 0 bridgehead atoms. The molecule has 2 saturated heterocycles. The summed E-state index contributed by atoms with van der Waals surface area (Å²) in [7, 11) is 3.55. The Labute approximate surface area is 267 Å². The molecule has 0 radical (unpaired) electrons. The molecule has 4 rings (SSSR count). The normalized spacial score (nSPS) is 19.1. The van der Waals surface area contributed by atoms with E-state index in [9.17, 15) is 9.59 Å². The van der Waals surface area contributed by atoms with E-state index in [0.29, 0.717) is 55.2 Å². The zero-order valence-corrected chi connectivity index (χ0v) is 28.0. The predicted molar refractivity (Wildman–Crippen MR) is 177 cm³/mol. The molecule has 2 atom stereocenters. The number of aryl methyl sites for hydroxylation is 1. The summed E-state index contributed by atoms with van der Waals surface area (Å²) < 4.78 is 6.28. The van der Waals surface area contributed by atoms with Gasteiger partial charge in [-0.1, -0.05) is 18.5 Å². The van der Waals surface area contributed by atoms with E-state index in [2.05, 4.69) is 44.9 Å². The lowest BCUT2D eigenvalue weighted by Crippen LogP contribution is -2.44. The summed E-state index contributed by atoms with van der Waals surface area (Å²) in [5.41, 5.74) is 3.34. The fourth-order valence-corrected chi connectivity index (χ4v) is 6.51. The van der Waals surface area contributed by atoms with Crippen molar-refractivity contribution in [2.75, 3.05) is 57.0 Å². The van der Waals surface area contributed by atoms with E-state index < -0.39 is 0 Å². The summed E-state index contributed by atoms with van der Waals surface area (Å²) >= 11 is 6.71. The average Bonchev–Trinajstić information content (AvgIpc) is 2.98. The fraction of sp³-hybridized carbons (Fsp3) is 0.636. The number of nitrogens with one attached hydrogen (secondary N) is 3. The topological polar surface area (TPSA) is 112 Å². The lowest BCUT2D eigenvalue weighted by atomic mass is 9.84. The van der Waals surface area contributed by atoms with E-state index in [4.69, 9.17) is 21.3 Å². The number of piperidine rings is 2. The van der Waals surface area contributed by atoms with Crippen LogP contribution in [-0.4, -0.2) is 79.6 Å². The minimum atomic E-state index is 0.00226. The lowest BCUT2D eigenvalue weighted by molar-refractivity contribution is -0.129. The number of halogens is 1. The molecule has 0 aliphatic carbocycles. The first-order valence-corrected chi connectivity index (χ1v) is 16.4. The van der Waals surface area contributed by atoms with Gasteiger partial charge in [-0.15, -0.1) is 0 Å². The minimum Gasteiger partial charge on any atom is -0.489 e. The van der Waals surface area contributed by atoms with Gasteiger partial charge in [0.15, 0.2) is 5.82 Å². The van der Waals surface area contributed by atoms with E-state index in [1.165, 1.54) is 11.1 Å². The molecule has 3 N–H and O–H groups in total. The molecule has 0 saturated carbocycles. The van der Waals surface area contributed by atoms with Crippen LogP contribution in [0.15, 0.2) is 18.3 Å². The first-order valence-electron chi connectivity index (χ1n) is 16.1. The molecule has 0 unspecified atom stereocenters. The van der Waals surface area contributed by atoms with Gasteiger partial charge in [0, 0.05) is 46.6 Å². The third-order valence-corrected chi connectivity index (χ3v) is 8.68. The van der Waals surface area contributed by atoms with Crippen LogP contribution < -0.4 is 25.6 Å². The highest BCUT2D eigenvalue weighted by Crippen LogP contribution is 2.38. The number of hydrogen-bond donors (Lipinski definition) is 3. The molecular weight excluding hydrogens is 578 g/mol. The van der Waals surface area contributed by atoms with Crippen LogP contribution in [-0.2, 0) is 9.59 Å². The maximum atomic E-state index is 12.7. The van der Waals surface area contributed by atoms with Gasteiger partial charge in [0.05, 0.1) is 18.0 Å². The molecule has 10 nitrogen and oxygen atoms in total. The van der Waals surface area contributed by atoms with Gasteiger partial charge in [-0.3, -0.25) is 9.59 Å². The number of hydrogen-bond acceptors (Lipinski definition) is 8. The van der Waals surface area contributed by atoms with Gasteiger partial charge in [-0.05, 0) is 101 Å². The van der Waals surface area contributed by atoms with Gasteiger partial charge < -0.3 is 30.5 Å². The summed E-state index contributed by atoms with van der Waals surface area (Å²) in [6.07, 6.45) is 6.32. The number of rotatable bonds is 12. The lowest BCUT2D eigenvalue weighted by Gasteiger charge is -2.39. The Morgan fingerprint density at radius 3 is 2.52 bits per heavy atom. The van der Waals surface area contributed by atoms with Gasteiger partial charge in [-0.2, -0.15) is 4.98 Å². The van der Waals surface area contributed by atoms with Crippen molar-refractivity contribution in [2.24, 2.45) is 11.8 Å². The van der Waals surface area contributed by atoms with Crippen LogP contribution in [0, 0.1) is 18.8 Å². The maximum Gasteiger partial charge on any atom is 0.229 e. The fourth-order valence-electron chi connectivity index (χ4n) is 6.30. The number of anilines is 3. The Morgan fingerprint density at radius 2 is 1.86 bits per heavy atom. The van der Waals surface area contributed by atoms with Crippen molar-refractivity contribution in [3.63, 3.8) is 0 Å². The highest BCUT2D eigenvalue weighted by atomic mass is 35.5. The summed E-state index contributed by atoms with van der Waals surface area (Å²) in [6.45, 7) is 12.2. The van der Waals surface area contributed by atoms with Gasteiger partial charge in [0.1, 0.15) is 10.8 Å². The smallest absolute Gasteiger partial charge is 0.229 e. The van der Waals surface area contributed by atoms with Crippen molar-refractivity contribution in [2.45, 2.75) is 78.2 Å². The monoisotopic (exact) mass is 627 g/mol. The average molecular weight is 628 g/mol. The number of carbonyl (C=O) groups is 2. The molecule has 2 amide bonds. The molecule has 0 spiro atoms. The van der Waals surface area contributed by atoms with E-state index in [1.807, 2.05) is 20.8 Å². The van der Waals surface area contributed by atoms with Crippen molar-refractivity contribution in [1.82, 2.24) is 25.5 Å². The predicted octanol–water partition coefficient (Wildman–Crippen LogP) is 5.27. The van der Waals surface area contributed by atoms with Gasteiger partial charge >= 0.3 is 0 Å². The summed E-state index contributed by atoms with van der Waals surface area (Å²) in [5, 5.41) is 10.3. The molecular formula is C33H50ClN7O3. The Hall–Kier alpha value is -3.11. The van der Waals surface area contributed by atoms with Crippen LogP contribution in [0.4, 0.5) is 17.5 Å². The number of aromatic nitrogens is 2. The van der Waals surface area contributed by atoms with Gasteiger partial charge in [0.25, 0.3) is 0 Å². The minimum absolute atomic E-state index is 0.00226. The van der Waals surface area contributed by atoms with Crippen LogP contribution >= 0.6 is 11.6 Å². The van der Waals surface area contributed by atoms with Gasteiger partial charge in [-0.25, -0.2) is 4.98 Å². The maximum absolute atomic E-state index is 12.7. The molecule has 44 heavy (non-hydrogen) atoms. The number of carbonyl (C=O) groups excluding carboxylic acids is 2. The number of amides is 2. The van der Waals surface area contributed by atoms with Crippen molar-refractivity contribution in [3.05, 3.63) is 34.5 Å². The SMILES string of the molecule is CCCNC(=O)C[C@H]1C[C@@H](CC(=O)N(C)C)CN(c2nc(Nc3cc(C)c(C4CCNCC4)cc3OC(C)C)ncc2Cl)C1. The second-order valence-electron chi connectivity index (χ2n) is 12.8. The van der Waals surface area contributed by atoms with Crippen molar-refractivity contribution in [3.8, 4) is 5.75 Å². The van der Waals surface area contributed by atoms with Crippen LogP contribution in [0.5, 0.6) is 5.75 Å². The molecule has 1 aromatic carbocycles. The largest absolute Gasteiger partial charge is 0.489 e. The highest BCUT2D eigenvalue weighted by molar-refractivity contribution is 6.32. The highest BCUT2D eigenvalue weighted by Gasteiger charge is 2.32. The van der Waals surface area contributed by atoms with Crippen molar-refractivity contribution < 1.29 is 14.3 Å². The van der Waals surface area contributed by atoms with Crippen LogP contribution in [0.3, 0.4) is 0 Å². The Bertz CT molecular complexity index is 1280. The Kier molecular flexibility index (Phi) is 12.1. The zero-order valence-electron chi connectivity index (χ0n) is 27.2. The van der Waals surface area contributed by atoms with E-state index in [1.54, 1.807) is 25.2 Å². The molecule has 3 heterocycles. The third kappa shape index (κ3) is 9.20. The first kappa shape index (κ1) is 33.8.